The zero-order valence-electron chi connectivity index (χ0n) is 12.4. The van der Waals surface area contributed by atoms with Gasteiger partial charge in [0, 0.05) is 22.6 Å². The van der Waals surface area contributed by atoms with Gasteiger partial charge in [0.1, 0.15) is 18.4 Å². The predicted octanol–water partition coefficient (Wildman–Crippen LogP) is 2.31. The van der Waals surface area contributed by atoms with E-state index in [9.17, 15) is 9.90 Å². The van der Waals surface area contributed by atoms with E-state index < -0.39 is 0 Å². The van der Waals surface area contributed by atoms with Gasteiger partial charge in [-0.15, -0.1) is 0 Å². The Morgan fingerprint density at radius 1 is 1.26 bits per heavy atom. The summed E-state index contributed by atoms with van der Waals surface area (Å²) in [6.07, 6.45) is 2.64. The molecule has 1 heterocycles. The summed E-state index contributed by atoms with van der Waals surface area (Å²) in [4.78, 5) is 16.1. The van der Waals surface area contributed by atoms with E-state index in [-0.39, 0.29) is 11.7 Å². The molecule has 0 fully saturated rings. The van der Waals surface area contributed by atoms with Crippen molar-refractivity contribution in [3.05, 3.63) is 60.2 Å². The molecular formula is C16H15N5O2. The van der Waals surface area contributed by atoms with E-state index in [0.717, 1.165) is 15.9 Å². The van der Waals surface area contributed by atoms with Crippen molar-refractivity contribution in [3.8, 4) is 5.75 Å². The number of carbonyl (C=O) groups excluding carboxylic acids is 1. The second-order valence-corrected chi connectivity index (χ2v) is 5.06. The van der Waals surface area contributed by atoms with Crippen molar-refractivity contribution in [1.82, 2.24) is 14.8 Å². The highest BCUT2D eigenvalue weighted by molar-refractivity contribution is 5.97. The number of nitrogens with two attached hydrogens (primary N) is 1. The minimum absolute atomic E-state index is 0.182. The average molecular weight is 309 g/mol. The maximum Gasteiger partial charge on any atom is 0.279 e. The summed E-state index contributed by atoms with van der Waals surface area (Å²) in [5.74, 6) is -0.134. The summed E-state index contributed by atoms with van der Waals surface area (Å²) in [7, 11) is 0. The van der Waals surface area contributed by atoms with E-state index in [2.05, 4.69) is 15.4 Å². The molecule has 0 spiro atoms. The molecule has 0 saturated heterocycles. The van der Waals surface area contributed by atoms with Gasteiger partial charge in [-0.2, -0.15) is 9.78 Å². The molecule has 0 radical (unpaired) electrons. The number of nitrogens with zero attached hydrogens (tertiary/aromatic N) is 3. The van der Waals surface area contributed by atoms with Gasteiger partial charge in [0.15, 0.2) is 0 Å². The van der Waals surface area contributed by atoms with Crippen LogP contribution in [-0.4, -0.2) is 25.8 Å². The highest BCUT2D eigenvalue weighted by atomic mass is 16.3. The van der Waals surface area contributed by atoms with Crippen LogP contribution in [0.3, 0.4) is 0 Å². The van der Waals surface area contributed by atoms with Gasteiger partial charge in [0.2, 0.25) is 0 Å². The van der Waals surface area contributed by atoms with Crippen LogP contribution in [0.15, 0.2) is 49.1 Å². The normalized spacial score (nSPS) is 10.5. The molecule has 1 aromatic heterocycles. The second kappa shape index (κ2) is 5.80. The maximum absolute atomic E-state index is 12.4. The summed E-state index contributed by atoms with van der Waals surface area (Å²) >= 11 is 0. The predicted molar refractivity (Wildman–Crippen MR) is 86.7 cm³/mol. The second-order valence-electron chi connectivity index (χ2n) is 5.06. The third-order valence-corrected chi connectivity index (χ3v) is 3.47. The Morgan fingerprint density at radius 3 is 2.65 bits per heavy atom. The van der Waals surface area contributed by atoms with Crippen molar-refractivity contribution in [2.24, 2.45) is 0 Å². The molecule has 7 nitrogen and oxygen atoms in total. The lowest BCUT2D eigenvalue weighted by molar-refractivity contribution is 0.0945. The van der Waals surface area contributed by atoms with Crippen LogP contribution in [0.5, 0.6) is 5.75 Å². The third kappa shape index (κ3) is 2.98. The molecule has 0 aliphatic heterocycles. The number of nitrogen functional groups attached to an aromatic ring is 1. The number of phenols is 1. The van der Waals surface area contributed by atoms with E-state index in [1.54, 1.807) is 36.4 Å². The summed E-state index contributed by atoms with van der Waals surface area (Å²) in [6, 6.07) is 9.94. The van der Waals surface area contributed by atoms with Crippen LogP contribution in [0, 0.1) is 6.92 Å². The molecule has 3 rings (SSSR count). The van der Waals surface area contributed by atoms with Crippen molar-refractivity contribution >= 4 is 23.0 Å². The summed E-state index contributed by atoms with van der Waals surface area (Å²) in [5, 5.41) is 16.4. The molecule has 2 aromatic carbocycles. The van der Waals surface area contributed by atoms with Gasteiger partial charge >= 0.3 is 0 Å². The first-order valence-electron chi connectivity index (χ1n) is 6.90. The van der Waals surface area contributed by atoms with Gasteiger partial charge in [0.05, 0.1) is 0 Å². The zero-order chi connectivity index (χ0) is 16.4. The fourth-order valence-electron chi connectivity index (χ4n) is 2.14. The number of rotatable bonds is 3. The molecule has 0 atom stereocenters. The smallest absolute Gasteiger partial charge is 0.279 e. The van der Waals surface area contributed by atoms with E-state index in [1.807, 2.05) is 6.92 Å². The Balaban J connectivity index is 1.96. The van der Waals surface area contributed by atoms with Crippen molar-refractivity contribution < 1.29 is 9.90 Å². The van der Waals surface area contributed by atoms with E-state index in [1.165, 1.54) is 12.7 Å². The number of aromatic hydroxyl groups is 1. The highest BCUT2D eigenvalue weighted by Gasteiger charge is 2.13. The molecule has 23 heavy (non-hydrogen) atoms. The average Bonchev–Trinajstić information content (AvgIpc) is 3.07. The van der Waals surface area contributed by atoms with Crippen LogP contribution in [-0.2, 0) is 0 Å². The lowest BCUT2D eigenvalue weighted by Gasteiger charge is -2.13. The van der Waals surface area contributed by atoms with Crippen molar-refractivity contribution in [2.45, 2.75) is 6.92 Å². The van der Waals surface area contributed by atoms with Crippen LogP contribution in [0.2, 0.25) is 0 Å². The lowest BCUT2D eigenvalue weighted by Crippen LogP contribution is -2.13. The Kier molecular flexibility index (Phi) is 3.68. The summed E-state index contributed by atoms with van der Waals surface area (Å²) < 4.78 is 1.15. The number of anilines is 3. The molecular weight excluding hydrogens is 294 g/mol. The molecule has 116 valence electrons. The molecule has 0 amide bonds. The van der Waals surface area contributed by atoms with Crippen molar-refractivity contribution in [2.75, 3.05) is 11.1 Å². The first-order valence-corrected chi connectivity index (χ1v) is 6.90. The number of carbonyl (C=O) groups is 1. The topological polar surface area (TPSA) is 106 Å². The Hall–Kier alpha value is -3.35. The summed E-state index contributed by atoms with van der Waals surface area (Å²) in [5.41, 5.74) is 9.22. The van der Waals surface area contributed by atoms with Crippen LogP contribution in [0.1, 0.15) is 15.9 Å². The minimum atomic E-state index is -0.317. The largest absolute Gasteiger partial charge is 0.508 e. The van der Waals surface area contributed by atoms with Gasteiger partial charge in [-0.05, 0) is 48.9 Å². The number of hydrogen-bond donors (Lipinski definition) is 3. The highest BCUT2D eigenvalue weighted by Crippen LogP contribution is 2.28. The molecule has 4 N–H and O–H groups in total. The molecule has 0 aliphatic carbocycles. The van der Waals surface area contributed by atoms with Crippen molar-refractivity contribution in [3.63, 3.8) is 0 Å². The van der Waals surface area contributed by atoms with Gasteiger partial charge < -0.3 is 16.2 Å². The first-order chi connectivity index (χ1) is 11.0. The van der Waals surface area contributed by atoms with Crippen LogP contribution in [0.25, 0.3) is 0 Å². The number of aromatic nitrogens is 3. The number of benzene rings is 2. The quantitative estimate of drug-likeness (QED) is 0.506. The number of nitrogens with one attached hydrogen (secondary N) is 1. The first kappa shape index (κ1) is 14.6. The molecule has 3 aromatic rings. The maximum atomic E-state index is 12.4. The SMILES string of the molecule is Cc1c(N)cc(C(=O)n2cncn2)cc1Nc1ccc(O)cc1. The molecule has 0 aliphatic rings. The Bertz CT molecular complexity index is 842. The summed E-state index contributed by atoms with van der Waals surface area (Å²) in [6.45, 7) is 1.86. The van der Waals surface area contributed by atoms with Gasteiger partial charge in [0.25, 0.3) is 5.91 Å². The van der Waals surface area contributed by atoms with Crippen LogP contribution >= 0.6 is 0 Å². The Labute approximate surface area is 132 Å². The van der Waals surface area contributed by atoms with E-state index in [0.29, 0.717) is 16.9 Å². The standard InChI is InChI=1S/C16H15N5O2/c1-10-14(17)6-11(16(23)21-9-18-8-19-21)7-15(10)20-12-2-4-13(22)5-3-12/h2-9,20,22H,17H2,1H3. The fourth-order valence-corrected chi connectivity index (χ4v) is 2.14. The van der Waals surface area contributed by atoms with Crippen molar-refractivity contribution in [1.29, 1.82) is 0 Å². The van der Waals surface area contributed by atoms with Crippen LogP contribution < -0.4 is 11.1 Å². The van der Waals surface area contributed by atoms with E-state index in [4.69, 9.17) is 5.73 Å². The minimum Gasteiger partial charge on any atom is -0.508 e. The number of hydrogen-bond acceptors (Lipinski definition) is 6. The molecule has 7 heteroatoms. The number of phenolic OH excluding ortho intramolecular Hbond substituents is 1. The monoisotopic (exact) mass is 309 g/mol. The van der Waals surface area contributed by atoms with E-state index >= 15 is 0 Å². The molecule has 0 unspecified atom stereocenters. The van der Waals surface area contributed by atoms with Gasteiger partial charge in [-0.1, -0.05) is 0 Å². The van der Waals surface area contributed by atoms with Gasteiger partial charge in [-0.25, -0.2) is 4.98 Å². The molecule has 0 saturated carbocycles. The zero-order valence-corrected chi connectivity index (χ0v) is 12.4. The lowest BCUT2D eigenvalue weighted by atomic mass is 10.1. The van der Waals surface area contributed by atoms with Crippen LogP contribution in [0.4, 0.5) is 17.1 Å². The van der Waals surface area contributed by atoms with Gasteiger partial charge in [-0.3, -0.25) is 4.79 Å². The fraction of sp³-hybridized carbons (Fsp3) is 0.0625. The Morgan fingerprint density at radius 2 is 2.00 bits per heavy atom. The molecule has 0 bridgehead atoms. The third-order valence-electron chi connectivity index (χ3n) is 3.47.